The molecule has 0 aliphatic carbocycles. The average Bonchev–Trinajstić information content (AvgIpc) is 2.53. The first-order valence-corrected chi connectivity index (χ1v) is 7.78. The van der Waals surface area contributed by atoms with Crippen LogP contribution in [0.5, 0.6) is 11.5 Å². The Hall–Kier alpha value is -1.13. The molecule has 22 heavy (non-hydrogen) atoms. The van der Waals surface area contributed by atoms with Crippen LogP contribution in [0, 0.1) is 0 Å². The zero-order valence-electron chi connectivity index (χ0n) is 10.9. The highest BCUT2D eigenvalue weighted by molar-refractivity contribution is 6.53. The number of carbonyl (C=O) groups excluding carboxylic acids is 1. The molecule has 3 nitrogen and oxygen atoms in total. The highest BCUT2D eigenvalue weighted by Gasteiger charge is 2.35. The van der Waals surface area contributed by atoms with Crippen LogP contribution in [-0.2, 0) is 11.2 Å². The van der Waals surface area contributed by atoms with E-state index in [4.69, 9.17) is 55.9 Å². The summed E-state index contributed by atoms with van der Waals surface area (Å²) in [4.78, 5) is 12.1. The Bertz CT molecular complexity index is 746. The summed E-state index contributed by atoms with van der Waals surface area (Å²) in [5.41, 5.74) is 0.926. The lowest BCUT2D eigenvalue weighted by atomic mass is 10.1. The standard InChI is InChI=1S/C15H8Cl4O3/c16-9-10(17)12(19)14-13(11(9)18)21-8(15(20)22-14)6-7-4-2-1-3-5-7/h1-5,8H,6H2. The molecule has 1 unspecified atom stereocenters. The van der Waals surface area contributed by atoms with Crippen LogP contribution in [0.3, 0.4) is 0 Å². The van der Waals surface area contributed by atoms with Crippen LogP contribution < -0.4 is 9.47 Å². The largest absolute Gasteiger partial charge is 0.473 e. The molecule has 2 aromatic rings. The second-order valence-electron chi connectivity index (χ2n) is 4.63. The molecule has 0 bridgehead atoms. The maximum atomic E-state index is 12.1. The Balaban J connectivity index is 1.97. The molecule has 0 aromatic heterocycles. The minimum atomic E-state index is -0.833. The summed E-state index contributed by atoms with van der Waals surface area (Å²) in [6.07, 6.45) is -0.492. The maximum Gasteiger partial charge on any atom is 0.353 e. The lowest BCUT2D eigenvalue weighted by Crippen LogP contribution is -2.37. The molecule has 1 aliphatic heterocycles. The molecule has 0 radical (unpaired) electrons. The van der Waals surface area contributed by atoms with E-state index in [2.05, 4.69) is 0 Å². The Morgan fingerprint density at radius 1 is 0.864 bits per heavy atom. The first-order chi connectivity index (χ1) is 10.5. The number of ether oxygens (including phenoxy) is 2. The summed E-state index contributed by atoms with van der Waals surface area (Å²) in [6, 6.07) is 9.40. The van der Waals surface area contributed by atoms with Crippen molar-refractivity contribution in [3.63, 3.8) is 0 Å². The quantitative estimate of drug-likeness (QED) is 0.312. The van der Waals surface area contributed by atoms with Gasteiger partial charge in [-0.1, -0.05) is 76.7 Å². The normalized spacial score (nSPS) is 16.7. The second-order valence-corrected chi connectivity index (χ2v) is 6.14. The molecule has 3 rings (SSSR count). The predicted octanol–water partition coefficient (Wildman–Crippen LogP) is 5.21. The number of rotatable bonds is 2. The van der Waals surface area contributed by atoms with Gasteiger partial charge in [0.2, 0.25) is 6.10 Å². The molecule has 7 heteroatoms. The van der Waals surface area contributed by atoms with Gasteiger partial charge in [-0.15, -0.1) is 0 Å². The van der Waals surface area contributed by atoms with E-state index >= 15 is 0 Å². The summed E-state index contributed by atoms with van der Waals surface area (Å²) in [5, 5.41) is 0.141. The zero-order chi connectivity index (χ0) is 15.9. The molecule has 1 atom stereocenters. The van der Waals surface area contributed by atoms with Gasteiger partial charge in [-0.05, 0) is 5.56 Å². The Labute approximate surface area is 146 Å². The molecule has 0 saturated carbocycles. The highest BCUT2D eigenvalue weighted by atomic mass is 35.5. The first-order valence-electron chi connectivity index (χ1n) is 6.27. The third-order valence-electron chi connectivity index (χ3n) is 3.17. The Morgan fingerprint density at radius 2 is 1.45 bits per heavy atom. The molecule has 114 valence electrons. The van der Waals surface area contributed by atoms with Crippen LogP contribution in [0.15, 0.2) is 30.3 Å². The van der Waals surface area contributed by atoms with Gasteiger partial charge in [-0.25, -0.2) is 4.79 Å². The monoisotopic (exact) mass is 376 g/mol. The topological polar surface area (TPSA) is 35.5 Å². The van der Waals surface area contributed by atoms with E-state index in [1.54, 1.807) is 0 Å². The van der Waals surface area contributed by atoms with Crippen molar-refractivity contribution in [1.29, 1.82) is 0 Å². The van der Waals surface area contributed by atoms with Crippen LogP contribution in [-0.4, -0.2) is 12.1 Å². The van der Waals surface area contributed by atoms with Crippen molar-refractivity contribution in [3.8, 4) is 11.5 Å². The minimum Gasteiger partial charge on any atom is -0.473 e. The molecule has 2 aromatic carbocycles. The third-order valence-corrected chi connectivity index (χ3v) is 4.94. The van der Waals surface area contributed by atoms with Crippen LogP contribution in [0.25, 0.3) is 0 Å². The van der Waals surface area contributed by atoms with Crippen molar-refractivity contribution in [1.82, 2.24) is 0 Å². The summed E-state index contributed by atoms with van der Waals surface area (Å²) >= 11 is 24.1. The third kappa shape index (κ3) is 2.74. The van der Waals surface area contributed by atoms with E-state index in [0.29, 0.717) is 6.42 Å². The molecule has 0 amide bonds. The summed E-state index contributed by atoms with van der Waals surface area (Å²) in [7, 11) is 0. The van der Waals surface area contributed by atoms with Crippen molar-refractivity contribution < 1.29 is 14.3 Å². The van der Waals surface area contributed by atoms with Crippen LogP contribution in [0.2, 0.25) is 20.1 Å². The van der Waals surface area contributed by atoms with E-state index in [9.17, 15) is 4.79 Å². The van der Waals surface area contributed by atoms with Gasteiger partial charge in [0.1, 0.15) is 10.0 Å². The number of carbonyl (C=O) groups is 1. The summed E-state index contributed by atoms with van der Waals surface area (Å²) < 4.78 is 10.9. The van der Waals surface area contributed by atoms with Crippen LogP contribution in [0.4, 0.5) is 0 Å². The van der Waals surface area contributed by atoms with Gasteiger partial charge in [0.15, 0.2) is 11.5 Å². The van der Waals surface area contributed by atoms with Crippen molar-refractivity contribution >= 4 is 52.4 Å². The van der Waals surface area contributed by atoms with Crippen LogP contribution in [0.1, 0.15) is 5.56 Å². The molecular formula is C15H8Cl4O3. The first kappa shape index (κ1) is 15.8. The summed E-state index contributed by atoms with van der Waals surface area (Å²) in [5.74, 6) is -0.440. The highest BCUT2D eigenvalue weighted by Crippen LogP contribution is 2.52. The van der Waals surface area contributed by atoms with E-state index in [-0.39, 0.29) is 31.6 Å². The molecule has 0 N–H and O–H groups in total. The minimum absolute atomic E-state index is 0.00224. The lowest BCUT2D eigenvalue weighted by molar-refractivity contribution is -0.145. The lowest BCUT2D eigenvalue weighted by Gasteiger charge is -2.26. The second kappa shape index (κ2) is 6.17. The van der Waals surface area contributed by atoms with Crippen molar-refractivity contribution in [2.45, 2.75) is 12.5 Å². The number of halogens is 4. The van der Waals surface area contributed by atoms with Gasteiger partial charge >= 0.3 is 5.97 Å². The fraction of sp³-hybridized carbons (Fsp3) is 0.133. The van der Waals surface area contributed by atoms with E-state index in [0.717, 1.165) is 5.56 Å². The molecule has 0 spiro atoms. The molecular weight excluding hydrogens is 370 g/mol. The molecule has 0 fully saturated rings. The number of benzene rings is 2. The summed E-state index contributed by atoms with van der Waals surface area (Å²) in [6.45, 7) is 0. The predicted molar refractivity (Wildman–Crippen MR) is 86.7 cm³/mol. The Morgan fingerprint density at radius 3 is 2.09 bits per heavy atom. The fourth-order valence-corrected chi connectivity index (χ4v) is 3.00. The van der Waals surface area contributed by atoms with Gasteiger partial charge in [0, 0.05) is 6.42 Å². The van der Waals surface area contributed by atoms with E-state index in [1.807, 2.05) is 30.3 Å². The van der Waals surface area contributed by atoms with Gasteiger partial charge in [0.05, 0.1) is 10.0 Å². The van der Waals surface area contributed by atoms with Crippen molar-refractivity contribution in [3.05, 3.63) is 56.0 Å². The van der Waals surface area contributed by atoms with Crippen molar-refractivity contribution in [2.24, 2.45) is 0 Å². The number of fused-ring (bicyclic) bond motifs is 1. The molecule has 1 heterocycles. The Kier molecular flexibility index (Phi) is 4.42. The smallest absolute Gasteiger partial charge is 0.353 e. The van der Waals surface area contributed by atoms with Crippen LogP contribution >= 0.6 is 46.4 Å². The molecule has 0 saturated heterocycles. The van der Waals surface area contributed by atoms with Gasteiger partial charge < -0.3 is 9.47 Å². The number of esters is 1. The van der Waals surface area contributed by atoms with E-state index in [1.165, 1.54) is 0 Å². The number of hydrogen-bond donors (Lipinski definition) is 0. The van der Waals surface area contributed by atoms with Crippen molar-refractivity contribution in [2.75, 3.05) is 0 Å². The SMILES string of the molecule is O=C1Oc2c(Cl)c(Cl)c(Cl)c(Cl)c2OC1Cc1ccccc1. The number of hydrogen-bond acceptors (Lipinski definition) is 3. The van der Waals surface area contributed by atoms with E-state index < -0.39 is 12.1 Å². The van der Waals surface area contributed by atoms with Gasteiger partial charge in [-0.2, -0.15) is 0 Å². The van der Waals surface area contributed by atoms with Gasteiger partial charge in [-0.3, -0.25) is 0 Å². The molecule has 1 aliphatic rings. The fourth-order valence-electron chi connectivity index (χ4n) is 2.10. The maximum absolute atomic E-state index is 12.1. The van der Waals surface area contributed by atoms with Gasteiger partial charge in [0.25, 0.3) is 0 Å². The average molecular weight is 378 g/mol. The zero-order valence-corrected chi connectivity index (χ0v) is 13.9.